The van der Waals surface area contributed by atoms with Crippen LogP contribution in [0.4, 0.5) is 10.6 Å². The quantitative estimate of drug-likeness (QED) is 0.781. The molecular formula is C14H21N3O2. The summed E-state index contributed by atoms with van der Waals surface area (Å²) >= 11 is 0. The molecule has 0 aliphatic heterocycles. The number of urea groups is 1. The predicted molar refractivity (Wildman–Crippen MR) is 74.0 cm³/mol. The zero-order chi connectivity index (χ0) is 13.7. The molecular weight excluding hydrogens is 242 g/mol. The second-order valence-electron chi connectivity index (χ2n) is 5.17. The molecule has 1 fully saturated rings. The van der Waals surface area contributed by atoms with Crippen LogP contribution in [0, 0.1) is 12.8 Å². The van der Waals surface area contributed by atoms with Crippen LogP contribution in [0.2, 0.25) is 0 Å². The summed E-state index contributed by atoms with van der Waals surface area (Å²) in [7, 11) is 0. The Morgan fingerprint density at radius 2 is 2.21 bits per heavy atom. The molecule has 2 atom stereocenters. The number of aliphatic hydroxyl groups excluding tert-OH is 1. The van der Waals surface area contributed by atoms with Crippen molar-refractivity contribution >= 4 is 11.8 Å². The molecule has 1 heterocycles. The third-order valence-electron chi connectivity index (χ3n) is 3.55. The van der Waals surface area contributed by atoms with Gasteiger partial charge in [-0.25, -0.2) is 9.78 Å². The lowest BCUT2D eigenvalue weighted by atomic mass is 9.86. The van der Waals surface area contributed by atoms with Crippen molar-refractivity contribution < 1.29 is 9.90 Å². The third-order valence-corrected chi connectivity index (χ3v) is 3.55. The fourth-order valence-corrected chi connectivity index (χ4v) is 2.35. The van der Waals surface area contributed by atoms with Crippen molar-refractivity contribution in [2.75, 3.05) is 11.9 Å². The molecule has 1 aliphatic rings. The minimum Gasteiger partial charge on any atom is -0.393 e. The van der Waals surface area contributed by atoms with Crippen LogP contribution < -0.4 is 10.6 Å². The first-order valence-corrected chi connectivity index (χ1v) is 6.81. The molecule has 1 aromatic heterocycles. The summed E-state index contributed by atoms with van der Waals surface area (Å²) < 4.78 is 0. The van der Waals surface area contributed by atoms with Crippen LogP contribution in [0.3, 0.4) is 0 Å². The highest BCUT2D eigenvalue weighted by Crippen LogP contribution is 2.23. The van der Waals surface area contributed by atoms with Crippen LogP contribution >= 0.6 is 0 Å². The Morgan fingerprint density at radius 3 is 2.89 bits per heavy atom. The Labute approximate surface area is 113 Å². The number of hydrogen-bond acceptors (Lipinski definition) is 3. The third kappa shape index (κ3) is 4.21. The summed E-state index contributed by atoms with van der Waals surface area (Å²) in [6, 6.07) is 3.40. The maximum atomic E-state index is 11.7. The van der Waals surface area contributed by atoms with E-state index in [1.165, 1.54) is 0 Å². The SMILES string of the molecule is Cc1ccc(NC(=O)NC[C@H]2CCCC[C@H]2O)nc1. The zero-order valence-electron chi connectivity index (χ0n) is 11.2. The van der Waals surface area contributed by atoms with Gasteiger partial charge in [0.15, 0.2) is 0 Å². The van der Waals surface area contributed by atoms with Crippen LogP contribution in [0.25, 0.3) is 0 Å². The molecule has 3 N–H and O–H groups in total. The summed E-state index contributed by atoms with van der Waals surface area (Å²) in [5.41, 5.74) is 1.05. The molecule has 2 rings (SSSR count). The maximum absolute atomic E-state index is 11.7. The monoisotopic (exact) mass is 263 g/mol. The second-order valence-corrected chi connectivity index (χ2v) is 5.17. The van der Waals surface area contributed by atoms with Crippen LogP contribution in [0.1, 0.15) is 31.2 Å². The first-order chi connectivity index (χ1) is 9.15. The smallest absolute Gasteiger partial charge is 0.320 e. The number of nitrogens with zero attached hydrogens (tertiary/aromatic N) is 1. The Hall–Kier alpha value is -1.62. The average molecular weight is 263 g/mol. The molecule has 0 aromatic carbocycles. The van der Waals surface area contributed by atoms with E-state index in [0.717, 1.165) is 31.2 Å². The van der Waals surface area contributed by atoms with E-state index in [0.29, 0.717) is 12.4 Å². The molecule has 5 nitrogen and oxygen atoms in total. The van der Waals surface area contributed by atoms with E-state index in [9.17, 15) is 9.90 Å². The van der Waals surface area contributed by atoms with Gasteiger partial charge in [0.2, 0.25) is 0 Å². The average Bonchev–Trinajstić information content (AvgIpc) is 2.40. The van der Waals surface area contributed by atoms with Gasteiger partial charge in [-0.2, -0.15) is 0 Å². The maximum Gasteiger partial charge on any atom is 0.320 e. The van der Waals surface area contributed by atoms with Gasteiger partial charge >= 0.3 is 6.03 Å². The van der Waals surface area contributed by atoms with Crippen molar-refractivity contribution in [3.8, 4) is 0 Å². The number of aryl methyl sites for hydroxylation is 1. The lowest BCUT2D eigenvalue weighted by Crippen LogP contribution is -2.38. The van der Waals surface area contributed by atoms with Gasteiger partial charge in [0.05, 0.1) is 6.10 Å². The molecule has 0 bridgehead atoms. The largest absolute Gasteiger partial charge is 0.393 e. The molecule has 0 unspecified atom stereocenters. The number of nitrogens with one attached hydrogen (secondary N) is 2. The number of anilines is 1. The van der Waals surface area contributed by atoms with E-state index in [-0.39, 0.29) is 18.1 Å². The molecule has 0 radical (unpaired) electrons. The van der Waals surface area contributed by atoms with Gasteiger partial charge in [-0.15, -0.1) is 0 Å². The van der Waals surface area contributed by atoms with Crippen molar-refractivity contribution in [2.24, 2.45) is 5.92 Å². The number of aromatic nitrogens is 1. The Morgan fingerprint density at radius 1 is 1.42 bits per heavy atom. The molecule has 0 saturated heterocycles. The second kappa shape index (κ2) is 6.52. The van der Waals surface area contributed by atoms with Gasteiger partial charge in [0.1, 0.15) is 5.82 Å². The van der Waals surface area contributed by atoms with E-state index >= 15 is 0 Å². The van der Waals surface area contributed by atoms with Gasteiger partial charge in [-0.3, -0.25) is 5.32 Å². The summed E-state index contributed by atoms with van der Waals surface area (Å²) in [5.74, 6) is 0.706. The van der Waals surface area contributed by atoms with Crippen molar-refractivity contribution in [3.05, 3.63) is 23.9 Å². The Bertz CT molecular complexity index is 419. The van der Waals surface area contributed by atoms with Crippen LogP contribution in [-0.2, 0) is 0 Å². The lowest BCUT2D eigenvalue weighted by molar-refractivity contribution is 0.0711. The normalized spacial score (nSPS) is 22.8. The molecule has 1 aromatic rings. The van der Waals surface area contributed by atoms with Crippen LogP contribution in [-0.4, -0.2) is 28.8 Å². The van der Waals surface area contributed by atoms with Crippen molar-refractivity contribution in [1.82, 2.24) is 10.3 Å². The summed E-state index contributed by atoms with van der Waals surface area (Å²) in [6.45, 7) is 2.46. The highest BCUT2D eigenvalue weighted by atomic mass is 16.3. The topological polar surface area (TPSA) is 74.2 Å². The van der Waals surface area contributed by atoms with E-state index in [1.807, 2.05) is 13.0 Å². The van der Waals surface area contributed by atoms with E-state index in [1.54, 1.807) is 12.3 Å². The van der Waals surface area contributed by atoms with Gasteiger partial charge < -0.3 is 10.4 Å². The van der Waals surface area contributed by atoms with E-state index in [2.05, 4.69) is 15.6 Å². The van der Waals surface area contributed by atoms with Gasteiger partial charge in [-0.1, -0.05) is 18.9 Å². The molecule has 19 heavy (non-hydrogen) atoms. The fraction of sp³-hybridized carbons (Fsp3) is 0.571. The Kier molecular flexibility index (Phi) is 4.74. The number of carbonyl (C=O) groups is 1. The van der Waals surface area contributed by atoms with Crippen LogP contribution in [0.15, 0.2) is 18.3 Å². The minimum atomic E-state index is -0.286. The lowest BCUT2D eigenvalue weighted by Gasteiger charge is -2.27. The molecule has 2 amide bonds. The highest BCUT2D eigenvalue weighted by Gasteiger charge is 2.23. The summed E-state index contributed by atoms with van der Waals surface area (Å²) in [4.78, 5) is 15.8. The number of rotatable bonds is 3. The molecule has 5 heteroatoms. The van der Waals surface area contributed by atoms with Gasteiger partial charge in [-0.05, 0) is 31.4 Å². The predicted octanol–water partition coefficient (Wildman–Crippen LogP) is 2.06. The Balaban J connectivity index is 1.76. The molecule has 104 valence electrons. The van der Waals surface area contributed by atoms with Crippen molar-refractivity contribution in [2.45, 2.75) is 38.7 Å². The molecule has 1 saturated carbocycles. The standard InChI is InChI=1S/C14H21N3O2/c1-10-6-7-13(15-8-10)17-14(19)16-9-11-4-2-3-5-12(11)18/h6-8,11-12,18H,2-5,9H2,1H3,(H2,15,16,17,19)/t11-,12-/m1/s1. The minimum absolute atomic E-state index is 0.172. The number of amides is 2. The van der Waals surface area contributed by atoms with E-state index < -0.39 is 0 Å². The van der Waals surface area contributed by atoms with Gasteiger partial charge in [0.25, 0.3) is 0 Å². The van der Waals surface area contributed by atoms with Gasteiger partial charge in [0, 0.05) is 18.7 Å². The zero-order valence-corrected chi connectivity index (χ0v) is 11.2. The first kappa shape index (κ1) is 13.8. The number of hydrogen-bond donors (Lipinski definition) is 3. The first-order valence-electron chi connectivity index (χ1n) is 6.81. The van der Waals surface area contributed by atoms with Crippen molar-refractivity contribution in [1.29, 1.82) is 0 Å². The molecule has 0 spiro atoms. The van der Waals surface area contributed by atoms with Crippen LogP contribution in [0.5, 0.6) is 0 Å². The fourth-order valence-electron chi connectivity index (χ4n) is 2.35. The van der Waals surface area contributed by atoms with Crippen molar-refractivity contribution in [3.63, 3.8) is 0 Å². The highest BCUT2D eigenvalue weighted by molar-refractivity contribution is 5.88. The summed E-state index contributed by atoms with van der Waals surface area (Å²) in [6.07, 6.45) is 5.45. The molecule has 1 aliphatic carbocycles. The number of aliphatic hydroxyl groups is 1. The number of carbonyl (C=O) groups excluding carboxylic acids is 1. The number of pyridine rings is 1. The van der Waals surface area contributed by atoms with E-state index in [4.69, 9.17) is 0 Å². The summed E-state index contributed by atoms with van der Waals surface area (Å²) in [5, 5.41) is 15.3.